The summed E-state index contributed by atoms with van der Waals surface area (Å²) in [4.78, 5) is 0. The van der Waals surface area contributed by atoms with Gasteiger partial charge < -0.3 is 9.13 Å². The molecule has 4 aromatic carbocycles. The van der Waals surface area contributed by atoms with Crippen molar-refractivity contribution < 1.29 is 26.3 Å². The molecule has 1 aliphatic rings. The minimum absolute atomic E-state index is 0.396. The first-order valence-electron chi connectivity index (χ1n) is 14.7. The number of nitrogens with zero attached hydrogens (tertiary/aromatic N) is 2. The van der Waals surface area contributed by atoms with Crippen molar-refractivity contribution in [1.29, 1.82) is 0 Å². The van der Waals surface area contributed by atoms with Gasteiger partial charge in [-0.05, 0) is 98.5 Å². The van der Waals surface area contributed by atoms with Gasteiger partial charge in [0.05, 0.1) is 11.1 Å². The molecule has 0 atom stereocenters. The van der Waals surface area contributed by atoms with Gasteiger partial charge in [-0.25, -0.2) is 0 Å². The summed E-state index contributed by atoms with van der Waals surface area (Å²) in [5, 5.41) is 2.71. The van der Waals surface area contributed by atoms with Crippen molar-refractivity contribution in [3.8, 4) is 0 Å². The Labute approximate surface area is 244 Å². The van der Waals surface area contributed by atoms with Gasteiger partial charge in [-0.15, -0.1) is 0 Å². The van der Waals surface area contributed by atoms with E-state index in [0.717, 1.165) is 81.8 Å². The highest BCUT2D eigenvalue weighted by atomic mass is 19.4. The molecule has 7 rings (SSSR count). The largest absolute Gasteiger partial charge is 0.416 e. The Kier molecular flexibility index (Phi) is 6.18. The van der Waals surface area contributed by atoms with E-state index in [-0.39, 0.29) is 0 Å². The van der Waals surface area contributed by atoms with Crippen LogP contribution < -0.4 is 0 Å². The van der Waals surface area contributed by atoms with Crippen molar-refractivity contribution in [2.24, 2.45) is 0 Å². The van der Waals surface area contributed by atoms with Gasteiger partial charge in [0, 0.05) is 62.1 Å². The molecular formula is C35H30F6N2. The van der Waals surface area contributed by atoms with E-state index in [2.05, 4.69) is 24.3 Å². The van der Waals surface area contributed by atoms with Crippen LogP contribution in [0.5, 0.6) is 0 Å². The number of hydrogen-bond acceptors (Lipinski definition) is 0. The van der Waals surface area contributed by atoms with Crippen molar-refractivity contribution in [1.82, 2.24) is 9.13 Å². The van der Waals surface area contributed by atoms with Crippen LogP contribution in [0.2, 0.25) is 0 Å². The van der Waals surface area contributed by atoms with Gasteiger partial charge in [-0.3, -0.25) is 0 Å². The van der Waals surface area contributed by atoms with Gasteiger partial charge in [0.25, 0.3) is 0 Å². The summed E-state index contributed by atoms with van der Waals surface area (Å²) in [7, 11) is 0. The van der Waals surface area contributed by atoms with Crippen molar-refractivity contribution in [3.63, 3.8) is 0 Å². The normalized spacial score (nSPS) is 15.9. The van der Waals surface area contributed by atoms with Gasteiger partial charge in [0.1, 0.15) is 0 Å². The molecular weight excluding hydrogens is 562 g/mol. The van der Waals surface area contributed by atoms with Gasteiger partial charge in [-0.2, -0.15) is 26.3 Å². The molecule has 8 heteroatoms. The van der Waals surface area contributed by atoms with Crippen molar-refractivity contribution >= 4 is 43.6 Å². The molecule has 6 aromatic rings. The van der Waals surface area contributed by atoms with E-state index in [1.54, 1.807) is 12.1 Å². The molecule has 0 radical (unpaired) electrons. The topological polar surface area (TPSA) is 9.86 Å². The molecule has 0 N–H and O–H groups in total. The Hall–Kier alpha value is -3.94. The number of rotatable bonds is 4. The molecule has 0 amide bonds. The smallest absolute Gasteiger partial charge is 0.341 e. The molecule has 1 saturated carbocycles. The summed E-state index contributed by atoms with van der Waals surface area (Å²) in [6.07, 6.45) is -5.22. The van der Waals surface area contributed by atoms with E-state index in [0.29, 0.717) is 23.9 Å². The van der Waals surface area contributed by atoms with Crippen LogP contribution in [0, 0.1) is 0 Å². The Morgan fingerprint density at radius 2 is 0.884 bits per heavy atom. The second kappa shape index (κ2) is 9.53. The molecule has 2 heterocycles. The Morgan fingerprint density at radius 3 is 1.23 bits per heavy atom. The van der Waals surface area contributed by atoms with E-state index in [9.17, 15) is 26.3 Å². The maximum atomic E-state index is 13.7. The van der Waals surface area contributed by atoms with E-state index in [4.69, 9.17) is 0 Å². The second-order valence-corrected chi connectivity index (χ2v) is 11.7. The number of aryl methyl sites for hydroxylation is 2. The summed E-state index contributed by atoms with van der Waals surface area (Å²) in [5.74, 6) is 0. The number of alkyl halides is 6. The van der Waals surface area contributed by atoms with Crippen LogP contribution in [0.25, 0.3) is 43.6 Å². The lowest BCUT2D eigenvalue weighted by Crippen LogP contribution is -2.23. The molecule has 2 aromatic heterocycles. The predicted molar refractivity (Wildman–Crippen MR) is 159 cm³/mol. The predicted octanol–water partition coefficient (Wildman–Crippen LogP) is 10.8. The summed E-state index contributed by atoms with van der Waals surface area (Å²) < 4.78 is 86.3. The van der Waals surface area contributed by atoms with Crippen LogP contribution in [0.1, 0.15) is 61.8 Å². The van der Waals surface area contributed by atoms with Crippen LogP contribution >= 0.6 is 0 Å². The summed E-state index contributed by atoms with van der Waals surface area (Å²) in [6, 6.07) is 20.2. The molecule has 1 aliphatic carbocycles. The SMILES string of the molecule is CCn1c2ccc(C(F)(F)F)cc2c2cc(C3(c4ccc5c(c4)c4cc(C(F)(F)F)ccc4n5CC)CCCC3)ccc21. The summed E-state index contributed by atoms with van der Waals surface area (Å²) in [6.45, 7) is 5.20. The molecule has 0 bridgehead atoms. The van der Waals surface area contributed by atoms with Crippen LogP contribution in [0.4, 0.5) is 26.3 Å². The molecule has 0 saturated heterocycles. The van der Waals surface area contributed by atoms with Crippen LogP contribution in [0.15, 0.2) is 72.8 Å². The molecule has 0 aliphatic heterocycles. The van der Waals surface area contributed by atoms with Gasteiger partial charge in [0.15, 0.2) is 0 Å². The fraction of sp³-hybridized carbons (Fsp3) is 0.314. The van der Waals surface area contributed by atoms with Gasteiger partial charge in [0.2, 0.25) is 0 Å². The third-order valence-corrected chi connectivity index (χ3v) is 9.58. The van der Waals surface area contributed by atoms with Crippen LogP contribution in [-0.4, -0.2) is 9.13 Å². The third kappa shape index (κ3) is 4.16. The van der Waals surface area contributed by atoms with Crippen molar-refractivity contribution in [2.75, 3.05) is 0 Å². The first-order valence-corrected chi connectivity index (χ1v) is 14.7. The fourth-order valence-corrected chi connectivity index (χ4v) is 7.56. The molecule has 222 valence electrons. The Bertz CT molecular complexity index is 1890. The average Bonchev–Trinajstić information content (AvgIpc) is 3.68. The van der Waals surface area contributed by atoms with Gasteiger partial charge >= 0.3 is 12.4 Å². The Balaban J connectivity index is 1.46. The van der Waals surface area contributed by atoms with Crippen molar-refractivity contribution in [3.05, 3.63) is 95.1 Å². The lowest BCUT2D eigenvalue weighted by atomic mass is 9.72. The maximum Gasteiger partial charge on any atom is 0.416 e. The zero-order chi connectivity index (χ0) is 30.3. The second-order valence-electron chi connectivity index (χ2n) is 11.7. The number of halogens is 6. The highest BCUT2D eigenvalue weighted by molar-refractivity contribution is 6.10. The number of aromatic nitrogens is 2. The van der Waals surface area contributed by atoms with E-state index in [1.165, 1.54) is 12.1 Å². The van der Waals surface area contributed by atoms with Crippen LogP contribution in [0.3, 0.4) is 0 Å². The van der Waals surface area contributed by atoms with Crippen molar-refractivity contribution in [2.45, 2.75) is 70.4 Å². The summed E-state index contributed by atoms with van der Waals surface area (Å²) >= 11 is 0. The number of hydrogen-bond donors (Lipinski definition) is 0. The Morgan fingerprint density at radius 1 is 0.535 bits per heavy atom. The minimum atomic E-state index is -4.45. The lowest BCUT2D eigenvalue weighted by molar-refractivity contribution is -0.138. The molecule has 2 nitrogen and oxygen atoms in total. The minimum Gasteiger partial charge on any atom is -0.341 e. The molecule has 0 spiro atoms. The van der Waals surface area contributed by atoms with E-state index >= 15 is 0 Å². The average molecular weight is 593 g/mol. The lowest BCUT2D eigenvalue weighted by Gasteiger charge is -2.31. The molecule has 43 heavy (non-hydrogen) atoms. The van der Waals surface area contributed by atoms with Gasteiger partial charge in [-0.1, -0.05) is 25.0 Å². The monoisotopic (exact) mass is 592 g/mol. The highest BCUT2D eigenvalue weighted by Crippen LogP contribution is 2.49. The van der Waals surface area contributed by atoms with E-state index in [1.807, 2.05) is 35.1 Å². The van der Waals surface area contributed by atoms with E-state index < -0.39 is 28.9 Å². The summed E-state index contributed by atoms with van der Waals surface area (Å²) in [5.41, 5.74) is 3.60. The number of fused-ring (bicyclic) bond motifs is 6. The quantitative estimate of drug-likeness (QED) is 0.180. The zero-order valence-electron chi connectivity index (χ0n) is 23.8. The maximum absolute atomic E-state index is 13.7. The highest BCUT2D eigenvalue weighted by Gasteiger charge is 2.39. The number of benzene rings is 4. The molecule has 0 unspecified atom stereocenters. The first-order chi connectivity index (χ1) is 20.5. The standard InChI is InChI=1S/C35H30F6N2/c1-3-42-29-11-7-21(17-25(29)27-19-23(34(36,37)38)9-13-31(27)42)33(15-5-6-16-33)22-8-12-30-26(18-22)28-20-24(35(39,40)41)10-14-32(28)43(30)4-2/h7-14,17-20H,3-6,15-16H2,1-2H3. The zero-order valence-corrected chi connectivity index (χ0v) is 23.8. The first kappa shape index (κ1) is 27.9. The third-order valence-electron chi connectivity index (χ3n) is 9.58. The fourth-order valence-electron chi connectivity index (χ4n) is 7.56. The molecule has 1 fully saturated rings. The van der Waals surface area contributed by atoms with Crippen LogP contribution in [-0.2, 0) is 30.9 Å².